The molecule has 2 fully saturated rings. The number of hydrogen-bond acceptors (Lipinski definition) is 9. The maximum atomic E-state index is 14.5. The lowest BCUT2D eigenvalue weighted by Gasteiger charge is -2.44. The summed E-state index contributed by atoms with van der Waals surface area (Å²) >= 11 is 0. The average Bonchev–Trinajstić information content (AvgIpc) is 3.69. The van der Waals surface area contributed by atoms with E-state index >= 15 is 0 Å². The summed E-state index contributed by atoms with van der Waals surface area (Å²) in [5.74, 6) is 0.812. The molecule has 234 valence electrons. The number of esters is 2. The van der Waals surface area contributed by atoms with Gasteiger partial charge in [0.15, 0.2) is 23.2 Å². The van der Waals surface area contributed by atoms with Crippen LogP contribution in [0.5, 0.6) is 11.5 Å². The van der Waals surface area contributed by atoms with Gasteiger partial charge in [-0.1, -0.05) is 30.3 Å². The van der Waals surface area contributed by atoms with Crippen LogP contribution in [0, 0.1) is 0 Å². The molecule has 2 aromatic rings. The number of rotatable bonds is 7. The van der Waals surface area contributed by atoms with Crippen molar-refractivity contribution in [2.24, 2.45) is 0 Å². The average molecular weight is 604 g/mol. The summed E-state index contributed by atoms with van der Waals surface area (Å²) in [5.41, 5.74) is 0.687. The second-order valence-corrected chi connectivity index (χ2v) is 13.3. The molecule has 2 saturated heterocycles. The monoisotopic (exact) mass is 603 g/mol. The van der Waals surface area contributed by atoms with Crippen LogP contribution in [0.1, 0.15) is 75.0 Å². The Bertz CT molecular complexity index is 1470. The largest absolute Gasteiger partial charge is 0.497 e. The van der Waals surface area contributed by atoms with E-state index in [9.17, 15) is 9.59 Å². The lowest BCUT2D eigenvalue weighted by molar-refractivity contribution is -0.217. The Hall–Kier alpha value is -3.56. The van der Waals surface area contributed by atoms with Gasteiger partial charge in [0.25, 0.3) is 0 Å². The van der Waals surface area contributed by atoms with E-state index in [0.717, 1.165) is 67.6 Å². The molecule has 0 N–H and O–H groups in total. The fourth-order valence-corrected chi connectivity index (χ4v) is 8.11. The first-order chi connectivity index (χ1) is 21.2. The first kappa shape index (κ1) is 29.2. The van der Waals surface area contributed by atoms with Crippen LogP contribution >= 0.6 is 0 Å². The summed E-state index contributed by atoms with van der Waals surface area (Å²) in [6, 6.07) is 13.6. The van der Waals surface area contributed by atoms with Crippen molar-refractivity contribution < 1.29 is 38.0 Å². The minimum Gasteiger partial charge on any atom is -0.497 e. The fourth-order valence-electron chi connectivity index (χ4n) is 8.11. The Morgan fingerprint density at radius 2 is 1.80 bits per heavy atom. The van der Waals surface area contributed by atoms with Crippen LogP contribution in [-0.4, -0.2) is 66.7 Å². The molecule has 1 spiro atoms. The van der Waals surface area contributed by atoms with Gasteiger partial charge in [-0.3, -0.25) is 9.69 Å². The van der Waals surface area contributed by atoms with Gasteiger partial charge in [0.2, 0.25) is 6.79 Å². The smallest absolute Gasteiger partial charge is 0.339 e. The van der Waals surface area contributed by atoms with Crippen molar-refractivity contribution in [3.63, 3.8) is 0 Å². The molecule has 4 heterocycles. The van der Waals surface area contributed by atoms with Gasteiger partial charge < -0.3 is 28.4 Å². The standard InChI is InChI=1S/C35H41NO8/c1-33(2)12-7-14-35(44-33,20-29(37)40-21-23-9-5-4-6-10-23)32(38)43-31-28(39-3)19-34-13-8-15-36(34)16-11-24-17-26-27(42-22-41-26)18-25(24)30(31)34/h4-6,9-10,17-19,30-31H,7-8,11-16,20-22H2,1-3H3/t30-,31?,34-,35-/m1/s1. The number of methoxy groups -OCH3 is 1. The molecule has 0 bridgehead atoms. The highest BCUT2D eigenvalue weighted by molar-refractivity contribution is 5.86. The Balaban J connectivity index is 1.21. The molecule has 4 aliphatic heterocycles. The van der Waals surface area contributed by atoms with E-state index in [-0.39, 0.29) is 31.3 Å². The zero-order valence-corrected chi connectivity index (χ0v) is 25.8. The Kier molecular flexibility index (Phi) is 7.36. The minimum atomic E-state index is -1.47. The molecule has 2 aromatic carbocycles. The summed E-state index contributed by atoms with van der Waals surface area (Å²) in [5, 5.41) is 0. The van der Waals surface area contributed by atoms with E-state index in [4.69, 9.17) is 28.4 Å². The fraction of sp³-hybridized carbons (Fsp3) is 0.543. The van der Waals surface area contributed by atoms with Crippen LogP contribution in [0.15, 0.2) is 54.3 Å². The summed E-state index contributed by atoms with van der Waals surface area (Å²) in [6.07, 6.45) is 5.94. The van der Waals surface area contributed by atoms with Crippen molar-refractivity contribution in [2.45, 2.75) is 94.2 Å². The quantitative estimate of drug-likeness (QED) is 0.396. The highest BCUT2D eigenvalue weighted by atomic mass is 16.7. The molecule has 1 unspecified atom stereocenters. The second kappa shape index (κ2) is 11.1. The molecule has 0 saturated carbocycles. The topological polar surface area (TPSA) is 92.8 Å². The van der Waals surface area contributed by atoms with Gasteiger partial charge in [0.05, 0.1) is 30.6 Å². The molecular weight excluding hydrogens is 562 g/mol. The van der Waals surface area contributed by atoms with Crippen LogP contribution in [0.2, 0.25) is 0 Å². The third-order valence-electron chi connectivity index (χ3n) is 10.1. The van der Waals surface area contributed by atoms with Gasteiger partial charge in [-0.05, 0) is 93.8 Å². The highest BCUT2D eigenvalue weighted by Gasteiger charge is 2.60. The van der Waals surface area contributed by atoms with Crippen molar-refractivity contribution in [2.75, 3.05) is 27.0 Å². The van der Waals surface area contributed by atoms with E-state index in [0.29, 0.717) is 17.9 Å². The van der Waals surface area contributed by atoms with Crippen molar-refractivity contribution in [3.05, 3.63) is 71.0 Å². The molecule has 4 atom stereocenters. The maximum absolute atomic E-state index is 14.5. The van der Waals surface area contributed by atoms with E-state index in [2.05, 4.69) is 23.1 Å². The van der Waals surface area contributed by atoms with Crippen LogP contribution < -0.4 is 9.47 Å². The van der Waals surface area contributed by atoms with Gasteiger partial charge in [0.1, 0.15) is 12.4 Å². The molecule has 5 aliphatic rings. The molecule has 0 aromatic heterocycles. The summed E-state index contributed by atoms with van der Waals surface area (Å²) < 4.78 is 36.2. The zero-order valence-electron chi connectivity index (χ0n) is 25.8. The minimum absolute atomic E-state index is 0.126. The Labute approximate surface area is 258 Å². The molecule has 0 radical (unpaired) electrons. The van der Waals surface area contributed by atoms with Crippen LogP contribution in [0.25, 0.3) is 0 Å². The molecule has 1 aliphatic carbocycles. The number of nitrogens with zero attached hydrogens (tertiary/aromatic N) is 1. The number of benzene rings is 2. The highest BCUT2D eigenvalue weighted by Crippen LogP contribution is 2.56. The van der Waals surface area contributed by atoms with Crippen molar-refractivity contribution in [1.29, 1.82) is 0 Å². The molecular formula is C35H41NO8. The summed E-state index contributed by atoms with van der Waals surface area (Å²) in [7, 11) is 1.63. The predicted octanol–water partition coefficient (Wildman–Crippen LogP) is 5.20. The summed E-state index contributed by atoms with van der Waals surface area (Å²) in [6.45, 7) is 6.06. The van der Waals surface area contributed by atoms with Gasteiger partial charge in [-0.25, -0.2) is 4.79 Å². The third-order valence-corrected chi connectivity index (χ3v) is 10.1. The summed E-state index contributed by atoms with van der Waals surface area (Å²) in [4.78, 5) is 30.3. The normalized spacial score (nSPS) is 29.9. The number of carbonyl (C=O) groups excluding carboxylic acids is 2. The van der Waals surface area contributed by atoms with Crippen molar-refractivity contribution in [1.82, 2.24) is 4.90 Å². The molecule has 9 nitrogen and oxygen atoms in total. The SMILES string of the molecule is COC1=C[C@@]23CCCN2CCc2cc4c(cc2[C@@H]3C1OC(=O)[C@]1(CC(=O)OCc2ccccc2)CCCC(C)(C)O1)OCO4. The van der Waals surface area contributed by atoms with E-state index in [1.54, 1.807) is 7.11 Å². The molecule has 0 amide bonds. The molecule has 44 heavy (non-hydrogen) atoms. The van der Waals surface area contributed by atoms with E-state index < -0.39 is 29.2 Å². The lowest BCUT2D eigenvalue weighted by Crippen LogP contribution is -2.54. The second-order valence-electron chi connectivity index (χ2n) is 13.3. The first-order valence-electron chi connectivity index (χ1n) is 15.8. The van der Waals surface area contributed by atoms with E-state index in [1.807, 2.05) is 44.2 Å². The Morgan fingerprint density at radius 1 is 1.00 bits per heavy atom. The zero-order chi connectivity index (χ0) is 30.5. The predicted molar refractivity (Wildman–Crippen MR) is 160 cm³/mol. The van der Waals surface area contributed by atoms with Crippen LogP contribution in [0.4, 0.5) is 0 Å². The number of carbonyl (C=O) groups is 2. The number of fused-ring (bicyclic) bond motifs is 3. The lowest BCUT2D eigenvalue weighted by atomic mass is 9.77. The third kappa shape index (κ3) is 5.04. The van der Waals surface area contributed by atoms with Crippen LogP contribution in [0.3, 0.4) is 0 Å². The number of ether oxygens (including phenoxy) is 6. The first-order valence-corrected chi connectivity index (χ1v) is 15.8. The van der Waals surface area contributed by atoms with Crippen molar-refractivity contribution in [3.8, 4) is 11.5 Å². The van der Waals surface area contributed by atoms with Gasteiger partial charge in [0, 0.05) is 6.54 Å². The molecule has 9 heteroatoms. The van der Waals surface area contributed by atoms with Crippen molar-refractivity contribution >= 4 is 11.9 Å². The Morgan fingerprint density at radius 3 is 2.57 bits per heavy atom. The van der Waals surface area contributed by atoms with Crippen LogP contribution in [-0.2, 0) is 41.6 Å². The number of hydrogen-bond donors (Lipinski definition) is 0. The maximum Gasteiger partial charge on any atom is 0.339 e. The van der Waals surface area contributed by atoms with Gasteiger partial charge in [-0.15, -0.1) is 0 Å². The van der Waals surface area contributed by atoms with E-state index in [1.165, 1.54) is 0 Å². The van der Waals surface area contributed by atoms with Gasteiger partial charge in [-0.2, -0.15) is 0 Å². The van der Waals surface area contributed by atoms with Gasteiger partial charge >= 0.3 is 11.9 Å². The molecule has 7 rings (SSSR count).